The van der Waals surface area contributed by atoms with Crippen LogP contribution in [0.5, 0.6) is 5.75 Å². The van der Waals surface area contributed by atoms with Gasteiger partial charge >= 0.3 is 0 Å². The Balaban J connectivity index is 2.01. The van der Waals surface area contributed by atoms with Crippen LogP contribution in [-0.2, 0) is 13.2 Å². The molecule has 0 unspecified atom stereocenters. The van der Waals surface area contributed by atoms with E-state index in [-0.39, 0.29) is 12.5 Å². The van der Waals surface area contributed by atoms with E-state index < -0.39 is 0 Å². The minimum Gasteiger partial charge on any atom is -0.484 e. The molecule has 0 atom stereocenters. The molecule has 0 saturated heterocycles. The van der Waals surface area contributed by atoms with Gasteiger partial charge in [0.1, 0.15) is 5.75 Å². The molecule has 0 fully saturated rings. The van der Waals surface area contributed by atoms with E-state index in [9.17, 15) is 0 Å². The fraction of sp³-hybridized carbons (Fsp3) is 0.385. The fourth-order valence-corrected chi connectivity index (χ4v) is 2.03. The second kappa shape index (κ2) is 6.16. The van der Waals surface area contributed by atoms with Gasteiger partial charge in [-0.25, -0.2) is 0 Å². The Morgan fingerprint density at radius 3 is 2.79 bits per heavy atom. The third-order valence-electron chi connectivity index (χ3n) is 2.57. The zero-order valence-corrected chi connectivity index (χ0v) is 12.5. The molecule has 102 valence electrons. The molecule has 2 rings (SSSR count). The molecule has 0 radical (unpaired) electrons. The van der Waals surface area contributed by atoms with Crippen LogP contribution in [0.25, 0.3) is 0 Å². The summed E-state index contributed by atoms with van der Waals surface area (Å²) in [7, 11) is 0. The van der Waals surface area contributed by atoms with Crippen LogP contribution in [0.4, 0.5) is 0 Å². The van der Waals surface area contributed by atoms with Crippen molar-refractivity contribution in [1.82, 2.24) is 10.1 Å². The monoisotopic (exact) mass is 325 g/mol. The zero-order valence-electron chi connectivity index (χ0n) is 10.9. The predicted molar refractivity (Wildman–Crippen MR) is 74.8 cm³/mol. The standard InChI is InChI=1S/C13H16BrN3O2/c1-8(2)13-16-12(17-19-13)7-18-11-4-3-9(6-15)5-10(11)14/h3-5,8H,6-7,15H2,1-2H3. The van der Waals surface area contributed by atoms with Crippen molar-refractivity contribution in [1.29, 1.82) is 0 Å². The smallest absolute Gasteiger partial charge is 0.229 e. The Labute approximate surface area is 120 Å². The lowest BCUT2D eigenvalue weighted by molar-refractivity contribution is 0.283. The topological polar surface area (TPSA) is 74.2 Å². The maximum atomic E-state index is 5.64. The van der Waals surface area contributed by atoms with Crippen LogP contribution in [0, 0.1) is 0 Å². The van der Waals surface area contributed by atoms with Gasteiger partial charge in [-0.3, -0.25) is 0 Å². The van der Waals surface area contributed by atoms with Crippen LogP contribution in [0.3, 0.4) is 0 Å². The van der Waals surface area contributed by atoms with Crippen molar-refractivity contribution < 1.29 is 9.26 Å². The molecule has 1 aromatic heterocycles. The van der Waals surface area contributed by atoms with Crippen molar-refractivity contribution >= 4 is 15.9 Å². The zero-order chi connectivity index (χ0) is 13.8. The van der Waals surface area contributed by atoms with E-state index in [2.05, 4.69) is 26.1 Å². The summed E-state index contributed by atoms with van der Waals surface area (Å²) >= 11 is 3.45. The maximum Gasteiger partial charge on any atom is 0.229 e. The minimum atomic E-state index is 0.219. The molecule has 0 aliphatic heterocycles. The van der Waals surface area contributed by atoms with Gasteiger partial charge < -0.3 is 15.0 Å². The SMILES string of the molecule is CC(C)c1nc(COc2ccc(CN)cc2Br)no1. The van der Waals surface area contributed by atoms with Crippen molar-refractivity contribution in [2.75, 3.05) is 0 Å². The molecule has 1 aromatic carbocycles. The van der Waals surface area contributed by atoms with Gasteiger partial charge in [-0.05, 0) is 33.6 Å². The van der Waals surface area contributed by atoms with E-state index in [0.717, 1.165) is 15.8 Å². The summed E-state index contributed by atoms with van der Waals surface area (Å²) in [5, 5.41) is 3.87. The highest BCUT2D eigenvalue weighted by Crippen LogP contribution is 2.26. The van der Waals surface area contributed by atoms with E-state index in [4.69, 9.17) is 15.0 Å². The van der Waals surface area contributed by atoms with Gasteiger partial charge in [0.25, 0.3) is 0 Å². The number of halogens is 1. The lowest BCUT2D eigenvalue weighted by Crippen LogP contribution is -2.00. The summed E-state index contributed by atoms with van der Waals surface area (Å²) in [6.45, 7) is 4.78. The average molecular weight is 326 g/mol. The number of hydrogen-bond donors (Lipinski definition) is 1. The number of hydrogen-bond acceptors (Lipinski definition) is 5. The van der Waals surface area contributed by atoms with E-state index in [1.807, 2.05) is 32.0 Å². The van der Waals surface area contributed by atoms with Crippen LogP contribution in [0.15, 0.2) is 27.2 Å². The number of aromatic nitrogens is 2. The van der Waals surface area contributed by atoms with Crippen molar-refractivity contribution in [3.8, 4) is 5.75 Å². The average Bonchev–Trinajstić information content (AvgIpc) is 2.86. The van der Waals surface area contributed by atoms with Gasteiger partial charge in [0, 0.05) is 12.5 Å². The Morgan fingerprint density at radius 2 is 2.21 bits per heavy atom. The first-order valence-electron chi connectivity index (χ1n) is 6.04. The highest BCUT2D eigenvalue weighted by atomic mass is 79.9. The minimum absolute atomic E-state index is 0.219. The molecule has 2 N–H and O–H groups in total. The first kappa shape index (κ1) is 14.0. The Bertz CT molecular complexity index is 555. The summed E-state index contributed by atoms with van der Waals surface area (Å²) in [6, 6.07) is 5.73. The van der Waals surface area contributed by atoms with Crippen molar-refractivity contribution in [2.24, 2.45) is 5.73 Å². The number of ether oxygens (including phenoxy) is 1. The molecule has 0 aliphatic carbocycles. The first-order chi connectivity index (χ1) is 9.10. The van der Waals surface area contributed by atoms with Gasteiger partial charge in [-0.1, -0.05) is 25.1 Å². The van der Waals surface area contributed by atoms with Crippen LogP contribution < -0.4 is 10.5 Å². The highest BCUT2D eigenvalue weighted by molar-refractivity contribution is 9.10. The normalized spacial score (nSPS) is 11.0. The van der Waals surface area contributed by atoms with Gasteiger partial charge in [-0.2, -0.15) is 4.98 Å². The first-order valence-corrected chi connectivity index (χ1v) is 6.83. The van der Waals surface area contributed by atoms with Crippen molar-refractivity contribution in [3.63, 3.8) is 0 Å². The third-order valence-corrected chi connectivity index (χ3v) is 3.19. The van der Waals surface area contributed by atoms with Crippen molar-refractivity contribution in [3.05, 3.63) is 40.0 Å². The van der Waals surface area contributed by atoms with E-state index in [1.165, 1.54) is 0 Å². The molecule has 2 aromatic rings. The molecule has 0 spiro atoms. The van der Waals surface area contributed by atoms with Gasteiger partial charge in [-0.15, -0.1) is 0 Å². The van der Waals surface area contributed by atoms with Crippen LogP contribution >= 0.6 is 15.9 Å². The lowest BCUT2D eigenvalue weighted by atomic mass is 10.2. The molecule has 6 heteroatoms. The van der Waals surface area contributed by atoms with E-state index in [0.29, 0.717) is 18.3 Å². The molecule has 0 amide bonds. The predicted octanol–water partition coefficient (Wildman–Crippen LogP) is 2.99. The molecule has 1 heterocycles. The number of nitrogens with zero attached hydrogens (tertiary/aromatic N) is 2. The second-order valence-electron chi connectivity index (χ2n) is 4.46. The Morgan fingerprint density at radius 1 is 1.42 bits per heavy atom. The van der Waals surface area contributed by atoms with Gasteiger partial charge in [0.15, 0.2) is 6.61 Å². The Kier molecular flexibility index (Phi) is 4.55. The fourth-order valence-electron chi connectivity index (χ4n) is 1.49. The van der Waals surface area contributed by atoms with Crippen LogP contribution in [-0.4, -0.2) is 10.1 Å². The van der Waals surface area contributed by atoms with Crippen molar-refractivity contribution in [2.45, 2.75) is 32.9 Å². The van der Waals surface area contributed by atoms with Gasteiger partial charge in [0.05, 0.1) is 4.47 Å². The lowest BCUT2D eigenvalue weighted by Gasteiger charge is -2.07. The maximum absolute atomic E-state index is 5.64. The summed E-state index contributed by atoms with van der Waals surface area (Å²) < 4.78 is 11.6. The van der Waals surface area contributed by atoms with E-state index in [1.54, 1.807) is 0 Å². The Hall–Kier alpha value is -1.40. The molecule has 0 bridgehead atoms. The largest absolute Gasteiger partial charge is 0.484 e. The molecule has 5 nitrogen and oxygen atoms in total. The quantitative estimate of drug-likeness (QED) is 0.914. The van der Waals surface area contributed by atoms with Crippen LogP contribution in [0.2, 0.25) is 0 Å². The van der Waals surface area contributed by atoms with E-state index >= 15 is 0 Å². The molecule has 0 aliphatic rings. The van der Waals surface area contributed by atoms with Crippen LogP contribution in [0.1, 0.15) is 37.0 Å². The number of nitrogens with two attached hydrogens (primary N) is 1. The molecular formula is C13H16BrN3O2. The summed E-state index contributed by atoms with van der Waals surface area (Å²) in [4.78, 5) is 4.25. The second-order valence-corrected chi connectivity index (χ2v) is 5.32. The molecule has 19 heavy (non-hydrogen) atoms. The number of benzene rings is 1. The summed E-state index contributed by atoms with van der Waals surface area (Å²) in [6.07, 6.45) is 0. The summed E-state index contributed by atoms with van der Waals surface area (Å²) in [5.74, 6) is 2.11. The highest BCUT2D eigenvalue weighted by Gasteiger charge is 2.11. The molecule has 0 saturated carbocycles. The summed E-state index contributed by atoms with van der Waals surface area (Å²) in [5.41, 5.74) is 6.61. The number of rotatable bonds is 5. The third kappa shape index (κ3) is 3.54. The van der Waals surface area contributed by atoms with Gasteiger partial charge in [0.2, 0.25) is 11.7 Å². The molecular weight excluding hydrogens is 310 g/mol.